The van der Waals surface area contributed by atoms with Gasteiger partial charge in [-0.15, -0.1) is 0 Å². The van der Waals surface area contributed by atoms with Crippen molar-refractivity contribution < 1.29 is 13.2 Å². The molecule has 1 aliphatic heterocycles. The summed E-state index contributed by atoms with van der Waals surface area (Å²) in [7, 11) is 0. The van der Waals surface area contributed by atoms with E-state index in [0.29, 0.717) is 28.5 Å². The summed E-state index contributed by atoms with van der Waals surface area (Å²) >= 11 is 6.20. The van der Waals surface area contributed by atoms with Crippen molar-refractivity contribution in [3.05, 3.63) is 65.1 Å². The maximum Gasteiger partial charge on any atom is 0.416 e. The standard InChI is InChI=1S/C21H10ClF3N6/c22-14-7-11(21(23,24)25)6-10(8-26)16(14)20-30-17-12-3-5-27-9-15(12)29-19-13(18(17)31-20)2-1-4-28-19/h1-7,9H,(H,28,29)(H,30,31). The van der Waals surface area contributed by atoms with Crippen LogP contribution in [0.15, 0.2) is 48.9 Å². The second-order valence-electron chi connectivity index (χ2n) is 6.75. The van der Waals surface area contributed by atoms with E-state index in [0.717, 1.165) is 17.7 Å². The van der Waals surface area contributed by atoms with Crippen LogP contribution in [-0.2, 0) is 6.18 Å². The Balaban J connectivity index is 1.78. The van der Waals surface area contributed by atoms with Gasteiger partial charge >= 0.3 is 6.18 Å². The first-order valence-electron chi connectivity index (χ1n) is 8.95. The van der Waals surface area contributed by atoms with Crippen LogP contribution in [0.2, 0.25) is 5.02 Å². The molecule has 1 aromatic carbocycles. The van der Waals surface area contributed by atoms with Gasteiger partial charge in [0.25, 0.3) is 0 Å². The lowest BCUT2D eigenvalue weighted by atomic mass is 10.0. The minimum absolute atomic E-state index is 0.0965. The van der Waals surface area contributed by atoms with E-state index in [-0.39, 0.29) is 22.0 Å². The van der Waals surface area contributed by atoms with Crippen molar-refractivity contribution in [2.24, 2.45) is 0 Å². The van der Waals surface area contributed by atoms with E-state index in [4.69, 9.17) is 11.6 Å². The third-order valence-corrected chi connectivity index (χ3v) is 5.18. The van der Waals surface area contributed by atoms with Crippen LogP contribution in [0.1, 0.15) is 11.1 Å². The SMILES string of the molecule is N#Cc1cc(C(F)(F)F)cc(Cl)c1-c1nc2c([nH]1)-c1ccncc1Nc1ncccc1-2. The number of nitriles is 1. The molecule has 0 saturated carbocycles. The monoisotopic (exact) mass is 438 g/mol. The summed E-state index contributed by atoms with van der Waals surface area (Å²) in [6.07, 6.45) is 0.243. The zero-order valence-electron chi connectivity index (χ0n) is 15.4. The van der Waals surface area contributed by atoms with E-state index in [2.05, 4.69) is 25.3 Å². The smallest absolute Gasteiger partial charge is 0.338 e. The molecule has 1 aliphatic rings. The molecule has 0 unspecified atom stereocenters. The van der Waals surface area contributed by atoms with Crippen LogP contribution in [0, 0.1) is 11.3 Å². The largest absolute Gasteiger partial charge is 0.416 e. The third kappa shape index (κ3) is 3.08. The van der Waals surface area contributed by atoms with Crippen molar-refractivity contribution in [3.63, 3.8) is 0 Å². The molecule has 0 atom stereocenters. The number of hydrogen-bond acceptors (Lipinski definition) is 5. The molecular weight excluding hydrogens is 429 g/mol. The molecule has 5 rings (SSSR count). The highest BCUT2D eigenvalue weighted by atomic mass is 35.5. The van der Waals surface area contributed by atoms with Crippen molar-refractivity contribution in [1.82, 2.24) is 19.9 Å². The number of rotatable bonds is 1. The Labute approximate surface area is 178 Å². The first kappa shape index (κ1) is 19.1. The number of hydrogen-bond donors (Lipinski definition) is 2. The number of fused-ring (bicyclic) bond motifs is 5. The third-order valence-electron chi connectivity index (χ3n) is 4.88. The molecule has 6 nitrogen and oxygen atoms in total. The number of benzene rings is 1. The molecule has 10 heteroatoms. The molecule has 2 N–H and O–H groups in total. The van der Waals surface area contributed by atoms with E-state index in [1.54, 1.807) is 36.8 Å². The lowest BCUT2D eigenvalue weighted by molar-refractivity contribution is -0.137. The molecule has 0 fully saturated rings. The molecule has 3 aromatic heterocycles. The Morgan fingerprint density at radius 3 is 2.71 bits per heavy atom. The minimum Gasteiger partial charge on any atom is -0.338 e. The van der Waals surface area contributed by atoms with Gasteiger partial charge in [-0.05, 0) is 30.3 Å². The van der Waals surface area contributed by atoms with Crippen molar-refractivity contribution in [2.75, 3.05) is 5.32 Å². The molecule has 4 heterocycles. The van der Waals surface area contributed by atoms with Crippen LogP contribution in [0.5, 0.6) is 0 Å². The number of nitrogens with one attached hydrogen (secondary N) is 2. The van der Waals surface area contributed by atoms with E-state index in [1.807, 2.05) is 6.07 Å². The fourth-order valence-electron chi connectivity index (χ4n) is 3.52. The summed E-state index contributed by atoms with van der Waals surface area (Å²) in [5, 5.41) is 12.5. The number of alkyl halides is 3. The average molecular weight is 439 g/mol. The predicted octanol–water partition coefficient (Wildman–Crippen LogP) is 5.80. The van der Waals surface area contributed by atoms with E-state index in [9.17, 15) is 18.4 Å². The number of aromatic nitrogens is 4. The molecule has 0 bridgehead atoms. The summed E-state index contributed by atoms with van der Waals surface area (Å²) in [5.41, 5.74) is 2.09. The van der Waals surface area contributed by atoms with Gasteiger partial charge < -0.3 is 10.3 Å². The molecular formula is C21H10ClF3N6. The summed E-state index contributed by atoms with van der Waals surface area (Å²) in [5.74, 6) is 0.729. The molecule has 4 aromatic rings. The zero-order chi connectivity index (χ0) is 21.8. The second-order valence-corrected chi connectivity index (χ2v) is 7.15. The first-order valence-corrected chi connectivity index (χ1v) is 9.32. The zero-order valence-corrected chi connectivity index (χ0v) is 16.2. The molecule has 0 aliphatic carbocycles. The highest BCUT2D eigenvalue weighted by molar-refractivity contribution is 6.33. The van der Waals surface area contributed by atoms with Crippen LogP contribution in [0.3, 0.4) is 0 Å². The molecule has 31 heavy (non-hydrogen) atoms. The molecule has 0 saturated heterocycles. The number of aromatic amines is 1. The first-order chi connectivity index (χ1) is 14.9. The molecule has 152 valence electrons. The highest BCUT2D eigenvalue weighted by Crippen LogP contribution is 2.44. The Hall–Kier alpha value is -3.90. The molecule has 0 amide bonds. The van der Waals surface area contributed by atoms with Crippen LogP contribution < -0.4 is 5.32 Å². The maximum absolute atomic E-state index is 13.2. The van der Waals surface area contributed by atoms with Gasteiger partial charge in [0.15, 0.2) is 0 Å². The number of H-pyrrole nitrogens is 1. The van der Waals surface area contributed by atoms with Gasteiger partial charge in [-0.25, -0.2) is 9.97 Å². The Bertz CT molecular complexity index is 1320. The number of nitrogens with zero attached hydrogens (tertiary/aromatic N) is 4. The Morgan fingerprint density at radius 1 is 1.10 bits per heavy atom. The number of imidazole rings is 1. The van der Waals surface area contributed by atoms with Gasteiger partial charge in [0.2, 0.25) is 0 Å². The van der Waals surface area contributed by atoms with Crippen LogP contribution in [0.4, 0.5) is 24.7 Å². The lowest BCUT2D eigenvalue weighted by Gasteiger charge is -2.11. The molecule has 0 radical (unpaired) electrons. The summed E-state index contributed by atoms with van der Waals surface area (Å²) in [6, 6.07) is 8.70. The van der Waals surface area contributed by atoms with Gasteiger partial charge in [-0.2, -0.15) is 18.4 Å². The molecule has 0 spiro atoms. The van der Waals surface area contributed by atoms with Gasteiger partial charge in [0, 0.05) is 23.5 Å². The van der Waals surface area contributed by atoms with E-state index in [1.165, 1.54) is 0 Å². The minimum atomic E-state index is -4.63. The summed E-state index contributed by atoms with van der Waals surface area (Å²) < 4.78 is 39.5. The number of pyridine rings is 2. The van der Waals surface area contributed by atoms with Crippen molar-refractivity contribution in [2.45, 2.75) is 6.18 Å². The van der Waals surface area contributed by atoms with E-state index >= 15 is 0 Å². The number of halogens is 4. The average Bonchev–Trinajstić information content (AvgIpc) is 3.12. The lowest BCUT2D eigenvalue weighted by Crippen LogP contribution is -2.06. The van der Waals surface area contributed by atoms with E-state index < -0.39 is 11.7 Å². The van der Waals surface area contributed by atoms with Crippen molar-refractivity contribution in [3.8, 4) is 40.0 Å². The van der Waals surface area contributed by atoms with Gasteiger partial charge in [0.05, 0.1) is 45.4 Å². The van der Waals surface area contributed by atoms with Crippen LogP contribution in [0.25, 0.3) is 33.9 Å². The summed E-state index contributed by atoms with van der Waals surface area (Å²) in [6.45, 7) is 0. The predicted molar refractivity (Wildman–Crippen MR) is 108 cm³/mol. The van der Waals surface area contributed by atoms with Crippen molar-refractivity contribution >= 4 is 23.1 Å². The fourth-order valence-corrected chi connectivity index (χ4v) is 3.83. The van der Waals surface area contributed by atoms with Crippen LogP contribution in [-0.4, -0.2) is 19.9 Å². The Morgan fingerprint density at radius 2 is 1.94 bits per heavy atom. The fraction of sp³-hybridized carbons (Fsp3) is 0.0476. The van der Waals surface area contributed by atoms with Gasteiger partial charge in [-0.1, -0.05) is 11.6 Å². The summed E-state index contributed by atoms with van der Waals surface area (Å²) in [4.78, 5) is 16.2. The number of anilines is 2. The highest BCUT2D eigenvalue weighted by Gasteiger charge is 2.33. The van der Waals surface area contributed by atoms with Gasteiger partial charge in [-0.3, -0.25) is 4.98 Å². The topological polar surface area (TPSA) is 90.3 Å². The van der Waals surface area contributed by atoms with Crippen LogP contribution >= 0.6 is 11.6 Å². The van der Waals surface area contributed by atoms with Crippen molar-refractivity contribution in [1.29, 1.82) is 5.26 Å². The maximum atomic E-state index is 13.2. The Kier molecular flexibility index (Phi) is 4.20. The quantitative estimate of drug-likeness (QED) is 0.345. The van der Waals surface area contributed by atoms with Gasteiger partial charge in [0.1, 0.15) is 17.3 Å². The normalized spacial score (nSPS) is 12.1. The second kappa shape index (κ2) is 6.82.